The van der Waals surface area contributed by atoms with Gasteiger partial charge in [0.25, 0.3) is 0 Å². The number of aromatic hydroxyl groups is 1. The molecule has 1 heterocycles. The lowest BCUT2D eigenvalue weighted by Crippen LogP contribution is -2.05. The summed E-state index contributed by atoms with van der Waals surface area (Å²) in [5, 5.41) is 18.7. The minimum Gasteiger partial charge on any atom is -0.507 e. The van der Waals surface area contributed by atoms with E-state index in [1.807, 2.05) is 0 Å². The minimum absolute atomic E-state index is 0.00146. The third kappa shape index (κ3) is 2.03. The van der Waals surface area contributed by atoms with Crippen molar-refractivity contribution in [1.29, 1.82) is 0 Å². The Bertz CT molecular complexity index is 582. The highest BCUT2D eigenvalue weighted by Crippen LogP contribution is 2.30. The number of nitrogen functional groups attached to an aromatic ring is 1. The first kappa shape index (κ1) is 10.9. The zero-order valence-corrected chi connectivity index (χ0v) is 8.79. The fourth-order valence-corrected chi connectivity index (χ4v) is 1.56. The SMILES string of the molecule is Nc1ccc(-c2ccccc2O)c(C(=O)O)n1. The van der Waals surface area contributed by atoms with Gasteiger partial charge in [0, 0.05) is 11.1 Å². The van der Waals surface area contributed by atoms with E-state index in [0.29, 0.717) is 11.1 Å². The molecule has 17 heavy (non-hydrogen) atoms. The van der Waals surface area contributed by atoms with E-state index in [1.165, 1.54) is 18.2 Å². The number of para-hydroxylation sites is 1. The first-order valence-electron chi connectivity index (χ1n) is 4.88. The Morgan fingerprint density at radius 2 is 1.82 bits per heavy atom. The number of pyridine rings is 1. The molecule has 0 aliphatic heterocycles. The molecular formula is C12H10N2O3. The summed E-state index contributed by atoms with van der Waals surface area (Å²) in [6, 6.07) is 9.49. The molecular weight excluding hydrogens is 220 g/mol. The molecule has 2 aromatic rings. The van der Waals surface area contributed by atoms with E-state index in [9.17, 15) is 9.90 Å². The molecule has 0 fully saturated rings. The van der Waals surface area contributed by atoms with Crippen LogP contribution in [0.15, 0.2) is 36.4 Å². The van der Waals surface area contributed by atoms with Gasteiger partial charge in [-0.15, -0.1) is 0 Å². The smallest absolute Gasteiger partial charge is 0.355 e. The van der Waals surface area contributed by atoms with Crippen molar-refractivity contribution < 1.29 is 15.0 Å². The van der Waals surface area contributed by atoms with Crippen molar-refractivity contribution in [2.45, 2.75) is 0 Å². The summed E-state index contributed by atoms with van der Waals surface area (Å²) in [5.41, 5.74) is 6.02. The zero-order chi connectivity index (χ0) is 12.4. The van der Waals surface area contributed by atoms with E-state index < -0.39 is 5.97 Å². The van der Waals surface area contributed by atoms with E-state index >= 15 is 0 Å². The van der Waals surface area contributed by atoms with Gasteiger partial charge in [0.1, 0.15) is 11.6 Å². The number of phenols is 1. The van der Waals surface area contributed by atoms with Crippen LogP contribution in [-0.2, 0) is 0 Å². The van der Waals surface area contributed by atoms with Gasteiger partial charge < -0.3 is 15.9 Å². The number of hydrogen-bond acceptors (Lipinski definition) is 4. The van der Waals surface area contributed by atoms with Crippen molar-refractivity contribution >= 4 is 11.8 Å². The Kier molecular flexibility index (Phi) is 2.66. The Morgan fingerprint density at radius 1 is 1.12 bits per heavy atom. The molecule has 0 radical (unpaired) electrons. The molecule has 0 atom stereocenters. The summed E-state index contributed by atoms with van der Waals surface area (Å²) in [6.07, 6.45) is 0. The van der Waals surface area contributed by atoms with E-state index in [2.05, 4.69) is 4.98 Å². The first-order valence-corrected chi connectivity index (χ1v) is 4.88. The Morgan fingerprint density at radius 3 is 2.47 bits per heavy atom. The van der Waals surface area contributed by atoms with Crippen molar-refractivity contribution in [1.82, 2.24) is 4.98 Å². The number of nitrogens with zero attached hydrogens (tertiary/aromatic N) is 1. The first-order chi connectivity index (χ1) is 8.09. The van der Waals surface area contributed by atoms with Gasteiger partial charge >= 0.3 is 5.97 Å². The Balaban J connectivity index is 2.68. The maximum absolute atomic E-state index is 11.1. The van der Waals surface area contributed by atoms with Crippen LogP contribution in [0.5, 0.6) is 5.75 Å². The second-order valence-corrected chi connectivity index (χ2v) is 3.45. The fraction of sp³-hybridized carbons (Fsp3) is 0. The third-order valence-electron chi connectivity index (χ3n) is 2.31. The van der Waals surface area contributed by atoms with Crippen LogP contribution >= 0.6 is 0 Å². The molecule has 0 aliphatic carbocycles. The van der Waals surface area contributed by atoms with Crippen LogP contribution in [0.25, 0.3) is 11.1 Å². The third-order valence-corrected chi connectivity index (χ3v) is 2.31. The van der Waals surface area contributed by atoms with E-state index in [-0.39, 0.29) is 17.3 Å². The summed E-state index contributed by atoms with van der Waals surface area (Å²) < 4.78 is 0. The average molecular weight is 230 g/mol. The summed E-state index contributed by atoms with van der Waals surface area (Å²) in [5.74, 6) is -1.06. The van der Waals surface area contributed by atoms with E-state index in [4.69, 9.17) is 10.8 Å². The number of benzene rings is 1. The molecule has 5 heteroatoms. The minimum atomic E-state index is -1.18. The number of phenolic OH excluding ortho intramolecular Hbond substituents is 1. The van der Waals surface area contributed by atoms with Crippen molar-refractivity contribution in [3.05, 3.63) is 42.1 Å². The number of aromatic nitrogens is 1. The van der Waals surface area contributed by atoms with E-state index in [0.717, 1.165) is 0 Å². The number of hydrogen-bond donors (Lipinski definition) is 3. The van der Waals surface area contributed by atoms with Crippen LogP contribution in [0, 0.1) is 0 Å². The number of carboxylic acid groups (broad SMARTS) is 1. The number of nitrogens with two attached hydrogens (primary N) is 1. The van der Waals surface area contributed by atoms with Crippen LogP contribution in [0.4, 0.5) is 5.82 Å². The Labute approximate surface area is 97.2 Å². The molecule has 4 N–H and O–H groups in total. The van der Waals surface area contributed by atoms with Crippen LogP contribution in [0.3, 0.4) is 0 Å². The predicted molar refractivity (Wildman–Crippen MR) is 62.7 cm³/mol. The summed E-state index contributed by atoms with van der Waals surface area (Å²) in [7, 11) is 0. The lowest BCUT2D eigenvalue weighted by atomic mass is 10.0. The van der Waals surface area contributed by atoms with Gasteiger partial charge in [-0.25, -0.2) is 9.78 Å². The molecule has 0 saturated carbocycles. The molecule has 0 unspecified atom stereocenters. The van der Waals surface area contributed by atoms with Gasteiger partial charge in [0.05, 0.1) is 0 Å². The molecule has 0 saturated heterocycles. The Hall–Kier alpha value is -2.56. The highest BCUT2D eigenvalue weighted by Gasteiger charge is 2.15. The summed E-state index contributed by atoms with van der Waals surface area (Å²) >= 11 is 0. The van der Waals surface area contributed by atoms with Crippen molar-refractivity contribution in [3.8, 4) is 16.9 Å². The van der Waals surface area contributed by atoms with Crippen LogP contribution in [-0.4, -0.2) is 21.2 Å². The number of anilines is 1. The second-order valence-electron chi connectivity index (χ2n) is 3.45. The number of rotatable bonds is 2. The lowest BCUT2D eigenvalue weighted by Gasteiger charge is -2.07. The number of aromatic carboxylic acids is 1. The molecule has 2 rings (SSSR count). The van der Waals surface area contributed by atoms with Crippen LogP contribution < -0.4 is 5.73 Å². The predicted octanol–water partition coefficient (Wildman–Crippen LogP) is 1.73. The van der Waals surface area contributed by atoms with Gasteiger partial charge in [-0.2, -0.15) is 0 Å². The summed E-state index contributed by atoms with van der Waals surface area (Å²) in [4.78, 5) is 14.8. The average Bonchev–Trinajstić information content (AvgIpc) is 2.30. The molecule has 0 aliphatic rings. The second kappa shape index (κ2) is 4.13. The number of carbonyl (C=O) groups is 1. The molecule has 0 amide bonds. The summed E-state index contributed by atoms with van der Waals surface area (Å²) in [6.45, 7) is 0. The van der Waals surface area contributed by atoms with Crippen LogP contribution in [0.1, 0.15) is 10.5 Å². The van der Waals surface area contributed by atoms with Crippen LogP contribution in [0.2, 0.25) is 0 Å². The van der Waals surface area contributed by atoms with Gasteiger partial charge in [0.2, 0.25) is 0 Å². The quantitative estimate of drug-likeness (QED) is 0.730. The zero-order valence-electron chi connectivity index (χ0n) is 8.79. The van der Waals surface area contributed by atoms with Crippen molar-refractivity contribution in [3.63, 3.8) is 0 Å². The fourth-order valence-electron chi connectivity index (χ4n) is 1.56. The molecule has 5 nitrogen and oxygen atoms in total. The van der Waals surface area contributed by atoms with Gasteiger partial charge in [-0.1, -0.05) is 18.2 Å². The monoisotopic (exact) mass is 230 g/mol. The molecule has 0 bridgehead atoms. The number of carboxylic acids is 1. The molecule has 1 aromatic carbocycles. The largest absolute Gasteiger partial charge is 0.507 e. The maximum Gasteiger partial charge on any atom is 0.355 e. The maximum atomic E-state index is 11.1. The van der Waals surface area contributed by atoms with Crippen molar-refractivity contribution in [2.75, 3.05) is 5.73 Å². The van der Waals surface area contributed by atoms with Crippen molar-refractivity contribution in [2.24, 2.45) is 0 Å². The topological polar surface area (TPSA) is 96.4 Å². The van der Waals surface area contributed by atoms with Gasteiger partial charge in [-0.05, 0) is 18.2 Å². The highest BCUT2D eigenvalue weighted by atomic mass is 16.4. The van der Waals surface area contributed by atoms with E-state index in [1.54, 1.807) is 18.2 Å². The molecule has 86 valence electrons. The molecule has 1 aromatic heterocycles. The lowest BCUT2D eigenvalue weighted by molar-refractivity contribution is 0.0691. The standard InChI is InChI=1S/C12H10N2O3/c13-10-6-5-8(11(14-10)12(16)17)7-3-1-2-4-9(7)15/h1-6,15H,(H2,13,14)(H,16,17). The van der Waals surface area contributed by atoms with Gasteiger partial charge in [-0.3, -0.25) is 0 Å². The molecule has 0 spiro atoms. The normalized spacial score (nSPS) is 10.1. The highest BCUT2D eigenvalue weighted by molar-refractivity contribution is 5.95. The van der Waals surface area contributed by atoms with Gasteiger partial charge in [0.15, 0.2) is 5.69 Å².